The summed E-state index contributed by atoms with van der Waals surface area (Å²) in [7, 11) is 0. The van der Waals surface area contributed by atoms with Gasteiger partial charge in [0.2, 0.25) is 11.8 Å². The van der Waals surface area contributed by atoms with Gasteiger partial charge in [0.05, 0.1) is 5.92 Å². The van der Waals surface area contributed by atoms with Crippen LogP contribution in [0.25, 0.3) is 0 Å². The number of hydrogen-bond donors (Lipinski definition) is 1. The quantitative estimate of drug-likeness (QED) is 0.890. The number of carbonyl (C=O) groups is 2. The second-order valence-electron chi connectivity index (χ2n) is 5.95. The van der Waals surface area contributed by atoms with Gasteiger partial charge in [0.25, 0.3) is 0 Å². The molecular formula is C18H17ClFN3O2. The van der Waals surface area contributed by atoms with E-state index in [2.05, 4.69) is 10.3 Å². The standard InChI is InChI=1S/C18H17ClFN3O2/c19-15-2-1-3-16(20)14(15)9-22-18(25)13-8-17(24)23(11-13)10-12-4-6-21-7-5-12/h1-7,13H,8-11H2,(H,22,25). The molecule has 7 heteroatoms. The number of hydrogen-bond acceptors (Lipinski definition) is 3. The van der Waals surface area contributed by atoms with Crippen molar-refractivity contribution in [2.24, 2.45) is 5.92 Å². The molecule has 1 saturated heterocycles. The molecule has 1 aromatic heterocycles. The third kappa shape index (κ3) is 4.14. The van der Waals surface area contributed by atoms with E-state index in [4.69, 9.17) is 11.6 Å². The van der Waals surface area contributed by atoms with Gasteiger partial charge in [0, 0.05) is 49.0 Å². The fourth-order valence-electron chi connectivity index (χ4n) is 2.83. The van der Waals surface area contributed by atoms with E-state index in [0.717, 1.165) is 5.56 Å². The first kappa shape index (κ1) is 17.4. The van der Waals surface area contributed by atoms with Gasteiger partial charge in [0.1, 0.15) is 5.82 Å². The number of amides is 2. The van der Waals surface area contributed by atoms with Gasteiger partial charge in [-0.25, -0.2) is 4.39 Å². The molecule has 0 radical (unpaired) electrons. The van der Waals surface area contributed by atoms with Crippen LogP contribution in [0.4, 0.5) is 4.39 Å². The maximum atomic E-state index is 13.7. The summed E-state index contributed by atoms with van der Waals surface area (Å²) in [5.41, 5.74) is 1.21. The van der Waals surface area contributed by atoms with E-state index in [1.54, 1.807) is 23.4 Å². The molecule has 0 bridgehead atoms. The Labute approximate surface area is 149 Å². The summed E-state index contributed by atoms with van der Waals surface area (Å²) >= 11 is 5.95. The Balaban J connectivity index is 1.57. The zero-order valence-electron chi connectivity index (χ0n) is 13.4. The van der Waals surface area contributed by atoms with Crippen molar-refractivity contribution in [2.75, 3.05) is 6.54 Å². The van der Waals surface area contributed by atoms with Crippen LogP contribution in [0.1, 0.15) is 17.5 Å². The lowest BCUT2D eigenvalue weighted by atomic mass is 10.1. The molecule has 130 valence electrons. The highest BCUT2D eigenvalue weighted by Crippen LogP contribution is 2.22. The first-order valence-electron chi connectivity index (χ1n) is 7.92. The van der Waals surface area contributed by atoms with Crippen molar-refractivity contribution in [1.29, 1.82) is 0 Å². The topological polar surface area (TPSA) is 62.3 Å². The molecule has 0 saturated carbocycles. The van der Waals surface area contributed by atoms with Crippen molar-refractivity contribution in [3.63, 3.8) is 0 Å². The number of rotatable bonds is 5. The molecule has 3 rings (SSSR count). The van der Waals surface area contributed by atoms with Crippen molar-refractivity contribution < 1.29 is 14.0 Å². The van der Waals surface area contributed by atoms with Gasteiger partial charge >= 0.3 is 0 Å². The van der Waals surface area contributed by atoms with Gasteiger partial charge < -0.3 is 10.2 Å². The molecule has 2 aromatic rings. The number of aromatic nitrogens is 1. The number of carbonyl (C=O) groups excluding carboxylic acids is 2. The van der Waals surface area contributed by atoms with Gasteiger partial charge in [-0.05, 0) is 29.8 Å². The minimum absolute atomic E-state index is 0.000610. The summed E-state index contributed by atoms with van der Waals surface area (Å²) in [5.74, 6) is -1.25. The Hall–Kier alpha value is -2.47. The van der Waals surface area contributed by atoms with Crippen molar-refractivity contribution in [2.45, 2.75) is 19.5 Å². The Bertz CT molecular complexity index is 765. The van der Waals surface area contributed by atoms with Crippen LogP contribution in [0, 0.1) is 11.7 Å². The normalized spacial score (nSPS) is 17.0. The van der Waals surface area contributed by atoms with E-state index in [0.29, 0.717) is 13.1 Å². The molecule has 1 atom stereocenters. The lowest BCUT2D eigenvalue weighted by molar-refractivity contribution is -0.129. The summed E-state index contributed by atoms with van der Waals surface area (Å²) in [6.45, 7) is 0.793. The molecule has 25 heavy (non-hydrogen) atoms. The maximum absolute atomic E-state index is 13.7. The highest BCUT2D eigenvalue weighted by Gasteiger charge is 2.34. The molecule has 1 aromatic carbocycles. The van der Waals surface area contributed by atoms with Crippen molar-refractivity contribution >= 4 is 23.4 Å². The van der Waals surface area contributed by atoms with Crippen LogP contribution in [0.5, 0.6) is 0 Å². The molecule has 0 aliphatic carbocycles. The van der Waals surface area contributed by atoms with Crippen LogP contribution in [0.2, 0.25) is 5.02 Å². The zero-order valence-corrected chi connectivity index (χ0v) is 14.2. The third-order valence-electron chi connectivity index (χ3n) is 4.21. The number of nitrogens with one attached hydrogen (secondary N) is 1. The average Bonchev–Trinajstić information content (AvgIpc) is 2.96. The van der Waals surface area contributed by atoms with E-state index in [1.165, 1.54) is 12.1 Å². The van der Waals surface area contributed by atoms with Crippen LogP contribution < -0.4 is 5.32 Å². The Morgan fingerprint density at radius 2 is 2.08 bits per heavy atom. The number of benzene rings is 1. The van der Waals surface area contributed by atoms with Crippen LogP contribution >= 0.6 is 11.6 Å². The summed E-state index contributed by atoms with van der Waals surface area (Å²) in [4.78, 5) is 30.0. The molecule has 1 unspecified atom stereocenters. The first-order chi connectivity index (χ1) is 12.0. The second-order valence-corrected chi connectivity index (χ2v) is 6.36. The van der Waals surface area contributed by atoms with Gasteiger partial charge in [-0.1, -0.05) is 17.7 Å². The molecule has 2 heterocycles. The van der Waals surface area contributed by atoms with Gasteiger partial charge in [-0.15, -0.1) is 0 Å². The van der Waals surface area contributed by atoms with Crippen molar-refractivity contribution in [3.05, 3.63) is 64.7 Å². The maximum Gasteiger partial charge on any atom is 0.225 e. The average molecular weight is 362 g/mol. The number of halogens is 2. The minimum atomic E-state index is -0.463. The Morgan fingerprint density at radius 3 is 2.80 bits per heavy atom. The highest BCUT2D eigenvalue weighted by atomic mass is 35.5. The van der Waals surface area contributed by atoms with Crippen LogP contribution in [-0.4, -0.2) is 28.2 Å². The summed E-state index contributed by atoms with van der Waals surface area (Å²) in [5, 5.41) is 2.94. The Morgan fingerprint density at radius 1 is 1.32 bits per heavy atom. The molecule has 1 aliphatic heterocycles. The number of likely N-dealkylation sites (tertiary alicyclic amines) is 1. The second kappa shape index (κ2) is 7.61. The highest BCUT2D eigenvalue weighted by molar-refractivity contribution is 6.31. The lowest BCUT2D eigenvalue weighted by Gasteiger charge is -2.16. The fraction of sp³-hybridized carbons (Fsp3) is 0.278. The van der Waals surface area contributed by atoms with E-state index in [-0.39, 0.29) is 35.4 Å². The smallest absolute Gasteiger partial charge is 0.225 e. The van der Waals surface area contributed by atoms with Crippen LogP contribution in [0.3, 0.4) is 0 Å². The molecule has 5 nitrogen and oxygen atoms in total. The lowest BCUT2D eigenvalue weighted by Crippen LogP contribution is -2.32. The number of pyridine rings is 1. The molecule has 2 amide bonds. The van der Waals surface area contributed by atoms with Crippen LogP contribution in [-0.2, 0) is 22.7 Å². The van der Waals surface area contributed by atoms with Crippen molar-refractivity contribution in [3.8, 4) is 0 Å². The van der Waals surface area contributed by atoms with Gasteiger partial charge in [0.15, 0.2) is 0 Å². The molecular weight excluding hydrogens is 345 g/mol. The minimum Gasteiger partial charge on any atom is -0.352 e. The van der Waals surface area contributed by atoms with E-state index in [9.17, 15) is 14.0 Å². The van der Waals surface area contributed by atoms with Gasteiger partial charge in [-0.2, -0.15) is 0 Å². The third-order valence-corrected chi connectivity index (χ3v) is 4.56. The van der Waals surface area contributed by atoms with Crippen molar-refractivity contribution in [1.82, 2.24) is 15.2 Å². The largest absolute Gasteiger partial charge is 0.352 e. The molecule has 1 fully saturated rings. The predicted octanol–water partition coefficient (Wildman–Crippen LogP) is 2.54. The summed E-state index contributed by atoms with van der Waals surface area (Å²) < 4.78 is 13.7. The monoisotopic (exact) mass is 361 g/mol. The van der Waals surface area contributed by atoms with E-state index in [1.807, 2.05) is 12.1 Å². The van der Waals surface area contributed by atoms with E-state index < -0.39 is 11.7 Å². The summed E-state index contributed by atoms with van der Waals surface area (Å²) in [6.07, 6.45) is 3.48. The van der Waals surface area contributed by atoms with Gasteiger partial charge in [-0.3, -0.25) is 14.6 Å². The summed E-state index contributed by atoms with van der Waals surface area (Å²) in [6, 6.07) is 8.04. The molecule has 0 spiro atoms. The first-order valence-corrected chi connectivity index (χ1v) is 8.29. The fourth-order valence-corrected chi connectivity index (χ4v) is 3.06. The molecule has 1 aliphatic rings. The predicted molar refractivity (Wildman–Crippen MR) is 91.0 cm³/mol. The SMILES string of the molecule is O=C(NCc1c(F)cccc1Cl)C1CC(=O)N(Cc2ccncc2)C1. The zero-order chi connectivity index (χ0) is 17.8. The van der Waals surface area contributed by atoms with E-state index >= 15 is 0 Å². The molecule has 1 N–H and O–H groups in total. The Kier molecular flexibility index (Phi) is 5.28. The number of nitrogens with zero attached hydrogens (tertiary/aromatic N) is 2. The van der Waals surface area contributed by atoms with Crippen LogP contribution in [0.15, 0.2) is 42.7 Å².